The number of amides is 3. The van der Waals surface area contributed by atoms with Crippen LogP contribution in [0.1, 0.15) is 24.1 Å². The minimum atomic E-state index is -0.565. The Labute approximate surface area is 156 Å². The van der Waals surface area contributed by atoms with Crippen molar-refractivity contribution in [3.8, 4) is 0 Å². The van der Waals surface area contributed by atoms with Crippen LogP contribution in [0.15, 0.2) is 48.2 Å². The predicted molar refractivity (Wildman–Crippen MR) is 99.4 cm³/mol. The number of likely N-dealkylation sites (N-methyl/N-ethyl adjacent to an activating group) is 1. The number of anilines is 1. The Hall–Kier alpha value is -3.49. The highest BCUT2D eigenvalue weighted by atomic mass is 16.2. The number of nitrogens with zero attached hydrogens (tertiary/aromatic N) is 4. The molecule has 0 unspecified atom stereocenters. The quantitative estimate of drug-likeness (QED) is 0.732. The van der Waals surface area contributed by atoms with E-state index in [2.05, 4.69) is 30.9 Å². The zero-order chi connectivity index (χ0) is 19.4. The van der Waals surface area contributed by atoms with E-state index in [9.17, 15) is 9.59 Å². The van der Waals surface area contributed by atoms with Crippen LogP contribution in [0, 0.1) is 0 Å². The second-order valence-corrected chi connectivity index (χ2v) is 6.18. The van der Waals surface area contributed by atoms with Crippen molar-refractivity contribution in [2.75, 3.05) is 19.4 Å². The van der Waals surface area contributed by atoms with Crippen molar-refractivity contribution >= 4 is 17.9 Å². The Morgan fingerprint density at radius 3 is 2.67 bits per heavy atom. The van der Waals surface area contributed by atoms with Gasteiger partial charge in [0.2, 0.25) is 5.95 Å². The van der Waals surface area contributed by atoms with Crippen molar-refractivity contribution in [1.82, 2.24) is 30.5 Å². The van der Waals surface area contributed by atoms with Crippen molar-refractivity contribution in [3.63, 3.8) is 0 Å². The zero-order valence-electron chi connectivity index (χ0n) is 15.4. The van der Waals surface area contributed by atoms with Crippen LogP contribution in [0.4, 0.5) is 10.7 Å². The van der Waals surface area contributed by atoms with Gasteiger partial charge in [0.15, 0.2) is 0 Å². The highest BCUT2D eigenvalue weighted by Crippen LogP contribution is 2.27. The highest BCUT2D eigenvalue weighted by Gasteiger charge is 2.32. The van der Waals surface area contributed by atoms with Crippen molar-refractivity contribution < 1.29 is 9.59 Å². The fraction of sp³-hybridized carbons (Fsp3) is 0.278. The third-order valence-electron chi connectivity index (χ3n) is 4.21. The molecule has 0 saturated carbocycles. The number of hydrogen-bond donors (Lipinski definition) is 3. The third-order valence-corrected chi connectivity index (χ3v) is 4.21. The molecule has 0 aliphatic carbocycles. The summed E-state index contributed by atoms with van der Waals surface area (Å²) in [4.78, 5) is 39.0. The number of urea groups is 1. The van der Waals surface area contributed by atoms with Crippen LogP contribution in [0.25, 0.3) is 0 Å². The summed E-state index contributed by atoms with van der Waals surface area (Å²) in [6, 6.07) is 2.68. The summed E-state index contributed by atoms with van der Waals surface area (Å²) in [6.45, 7) is 2.06. The molecule has 0 aromatic carbocycles. The van der Waals surface area contributed by atoms with E-state index in [4.69, 9.17) is 0 Å². The summed E-state index contributed by atoms with van der Waals surface area (Å²) >= 11 is 0. The van der Waals surface area contributed by atoms with Gasteiger partial charge in [-0.2, -0.15) is 0 Å². The lowest BCUT2D eigenvalue weighted by molar-refractivity contribution is -0.126. The molecule has 0 bridgehead atoms. The standard InChI is InChI=1S/C18H21N7O2/c1-11-14(15(24-18(27)23-11)13-5-4-6-20-9-13)16(26)25(3)10-12-7-21-17(19-2)22-8-12/h4-9,15H,10H2,1-3H3,(H,19,21,22)(H2,23,24,27)/t15-/m0/s1. The number of nitrogens with one attached hydrogen (secondary N) is 3. The number of pyridine rings is 1. The molecular formula is C18H21N7O2. The molecule has 0 radical (unpaired) electrons. The van der Waals surface area contributed by atoms with Crippen LogP contribution >= 0.6 is 0 Å². The van der Waals surface area contributed by atoms with Crippen molar-refractivity contribution in [1.29, 1.82) is 0 Å². The summed E-state index contributed by atoms with van der Waals surface area (Å²) in [6.07, 6.45) is 6.62. The molecule has 3 N–H and O–H groups in total. The molecule has 9 nitrogen and oxygen atoms in total. The molecule has 9 heteroatoms. The van der Waals surface area contributed by atoms with E-state index in [1.54, 1.807) is 56.8 Å². The average Bonchev–Trinajstić information content (AvgIpc) is 2.68. The van der Waals surface area contributed by atoms with E-state index in [1.807, 2.05) is 6.07 Å². The van der Waals surface area contributed by atoms with E-state index in [0.29, 0.717) is 23.8 Å². The number of aromatic nitrogens is 3. The van der Waals surface area contributed by atoms with Crippen LogP contribution < -0.4 is 16.0 Å². The SMILES string of the molecule is CNc1ncc(CN(C)C(=O)C2=C(C)NC(=O)N[C@H]2c2cccnc2)cn1. The third kappa shape index (κ3) is 4.02. The van der Waals surface area contributed by atoms with Gasteiger partial charge in [0, 0.05) is 56.7 Å². The Morgan fingerprint density at radius 2 is 2.04 bits per heavy atom. The van der Waals surface area contributed by atoms with Crippen molar-refractivity contribution in [2.45, 2.75) is 19.5 Å². The van der Waals surface area contributed by atoms with Gasteiger partial charge in [-0.15, -0.1) is 0 Å². The maximum absolute atomic E-state index is 13.1. The number of carbonyl (C=O) groups excluding carboxylic acids is 2. The largest absolute Gasteiger partial charge is 0.357 e. The summed E-state index contributed by atoms with van der Waals surface area (Å²) in [7, 11) is 3.44. The minimum Gasteiger partial charge on any atom is -0.357 e. The van der Waals surface area contributed by atoms with E-state index < -0.39 is 6.04 Å². The molecule has 2 aromatic rings. The average molecular weight is 367 g/mol. The Kier molecular flexibility index (Phi) is 5.30. The summed E-state index contributed by atoms with van der Waals surface area (Å²) in [5.41, 5.74) is 2.53. The lowest BCUT2D eigenvalue weighted by atomic mass is 9.95. The van der Waals surface area contributed by atoms with Crippen LogP contribution in [-0.4, -0.2) is 45.9 Å². The molecule has 1 atom stereocenters. The minimum absolute atomic E-state index is 0.202. The number of allylic oxidation sites excluding steroid dienone is 1. The van der Waals surface area contributed by atoms with E-state index in [0.717, 1.165) is 11.1 Å². The van der Waals surface area contributed by atoms with E-state index in [1.165, 1.54) is 0 Å². The van der Waals surface area contributed by atoms with Gasteiger partial charge in [-0.25, -0.2) is 14.8 Å². The molecule has 2 aromatic heterocycles. The molecule has 1 aliphatic rings. The summed E-state index contributed by atoms with van der Waals surface area (Å²) < 4.78 is 0. The van der Waals surface area contributed by atoms with Gasteiger partial charge in [-0.3, -0.25) is 9.78 Å². The molecule has 3 amide bonds. The van der Waals surface area contributed by atoms with E-state index >= 15 is 0 Å². The molecule has 27 heavy (non-hydrogen) atoms. The summed E-state index contributed by atoms with van der Waals surface area (Å²) in [5, 5.41) is 8.32. The summed E-state index contributed by atoms with van der Waals surface area (Å²) in [5.74, 6) is 0.314. The Balaban J connectivity index is 1.85. The first kappa shape index (κ1) is 18.3. The smallest absolute Gasteiger partial charge is 0.319 e. The lowest BCUT2D eigenvalue weighted by Crippen LogP contribution is -2.47. The molecule has 0 fully saturated rings. The first-order chi connectivity index (χ1) is 13.0. The topological polar surface area (TPSA) is 112 Å². The van der Waals surface area contributed by atoms with Gasteiger partial charge in [0.25, 0.3) is 5.91 Å². The monoisotopic (exact) mass is 367 g/mol. The molecule has 0 spiro atoms. The fourth-order valence-corrected chi connectivity index (χ4v) is 2.89. The Bertz CT molecular complexity index is 865. The number of carbonyl (C=O) groups is 2. The molecule has 1 aliphatic heterocycles. The second-order valence-electron chi connectivity index (χ2n) is 6.18. The van der Waals surface area contributed by atoms with Gasteiger partial charge in [0.1, 0.15) is 0 Å². The van der Waals surface area contributed by atoms with Gasteiger partial charge >= 0.3 is 6.03 Å². The number of hydrogen-bond acceptors (Lipinski definition) is 6. The zero-order valence-corrected chi connectivity index (χ0v) is 15.4. The van der Waals surface area contributed by atoms with Crippen LogP contribution in [0.5, 0.6) is 0 Å². The predicted octanol–water partition coefficient (Wildman–Crippen LogP) is 1.20. The fourth-order valence-electron chi connectivity index (χ4n) is 2.89. The normalized spacial score (nSPS) is 16.4. The lowest BCUT2D eigenvalue weighted by Gasteiger charge is -2.30. The highest BCUT2D eigenvalue weighted by molar-refractivity contribution is 5.98. The maximum atomic E-state index is 13.1. The van der Waals surface area contributed by atoms with Crippen molar-refractivity contribution in [2.24, 2.45) is 0 Å². The number of rotatable bonds is 5. The first-order valence-electron chi connectivity index (χ1n) is 8.42. The maximum Gasteiger partial charge on any atom is 0.319 e. The second kappa shape index (κ2) is 7.81. The molecule has 3 heterocycles. The molecule has 140 valence electrons. The van der Waals surface area contributed by atoms with Crippen LogP contribution in [-0.2, 0) is 11.3 Å². The van der Waals surface area contributed by atoms with Crippen molar-refractivity contribution in [3.05, 3.63) is 59.3 Å². The van der Waals surface area contributed by atoms with Crippen LogP contribution in [0.2, 0.25) is 0 Å². The van der Waals surface area contributed by atoms with Gasteiger partial charge < -0.3 is 20.9 Å². The Morgan fingerprint density at radius 1 is 1.30 bits per heavy atom. The van der Waals surface area contributed by atoms with Gasteiger partial charge in [-0.1, -0.05) is 6.07 Å². The van der Waals surface area contributed by atoms with E-state index in [-0.39, 0.29) is 11.9 Å². The van der Waals surface area contributed by atoms with Gasteiger partial charge in [-0.05, 0) is 18.6 Å². The first-order valence-corrected chi connectivity index (χ1v) is 8.42. The van der Waals surface area contributed by atoms with Crippen LogP contribution in [0.3, 0.4) is 0 Å². The molecule has 3 rings (SSSR count). The van der Waals surface area contributed by atoms with Gasteiger partial charge in [0.05, 0.1) is 11.6 Å². The molecular weight excluding hydrogens is 346 g/mol. The molecule has 0 saturated heterocycles.